The number of carbonyl (C=O) groups excluding carboxylic acids is 1. The molecule has 0 saturated carbocycles. The van der Waals surface area contributed by atoms with Crippen LogP contribution in [0.4, 0.5) is 11.4 Å². The van der Waals surface area contributed by atoms with E-state index in [0.29, 0.717) is 23.6 Å². The molecule has 26 heavy (non-hydrogen) atoms. The third kappa shape index (κ3) is 3.83. The smallest absolute Gasteiger partial charge is 0.255 e. The summed E-state index contributed by atoms with van der Waals surface area (Å²) in [5, 5.41) is 15.3. The molecule has 3 N–H and O–H groups in total. The second kappa shape index (κ2) is 7.00. The highest BCUT2D eigenvalue weighted by atomic mass is 16.5. The lowest BCUT2D eigenvalue weighted by atomic mass is 9.85. The molecule has 0 radical (unpaired) electrons. The van der Waals surface area contributed by atoms with Crippen molar-refractivity contribution >= 4 is 17.3 Å². The van der Waals surface area contributed by atoms with Gasteiger partial charge in [0, 0.05) is 17.3 Å². The summed E-state index contributed by atoms with van der Waals surface area (Å²) in [5.74, 6) is 0.534. The van der Waals surface area contributed by atoms with Gasteiger partial charge in [-0.05, 0) is 41.7 Å². The summed E-state index contributed by atoms with van der Waals surface area (Å²) in [6, 6.07) is 11.3. The molecule has 1 aliphatic heterocycles. The van der Waals surface area contributed by atoms with Gasteiger partial charge < -0.3 is 20.5 Å². The third-order valence-electron chi connectivity index (χ3n) is 4.60. The molecule has 1 amide bonds. The molecule has 138 valence electrons. The normalized spacial score (nSPS) is 16.3. The van der Waals surface area contributed by atoms with E-state index in [0.717, 1.165) is 11.3 Å². The van der Waals surface area contributed by atoms with Crippen LogP contribution in [0.2, 0.25) is 0 Å². The lowest BCUT2D eigenvalue weighted by molar-refractivity contribution is 0.102. The number of ether oxygens (including phenoxy) is 1. The van der Waals surface area contributed by atoms with E-state index in [1.807, 2.05) is 31.2 Å². The number of fused-ring (bicyclic) bond motifs is 1. The Morgan fingerprint density at radius 1 is 1.27 bits per heavy atom. The number of rotatable bonds is 3. The molecule has 5 nitrogen and oxygen atoms in total. The fourth-order valence-electron chi connectivity index (χ4n) is 2.97. The molecule has 0 spiro atoms. The molecule has 2 aromatic rings. The summed E-state index contributed by atoms with van der Waals surface area (Å²) in [6.45, 7) is 8.84. The largest absolute Gasteiger partial charge is 0.489 e. The minimum Gasteiger partial charge on any atom is -0.489 e. The Morgan fingerprint density at radius 2 is 2.04 bits per heavy atom. The average molecular weight is 354 g/mol. The van der Waals surface area contributed by atoms with Gasteiger partial charge in [-0.1, -0.05) is 32.9 Å². The van der Waals surface area contributed by atoms with E-state index in [1.54, 1.807) is 6.07 Å². The van der Waals surface area contributed by atoms with E-state index in [1.165, 1.54) is 5.56 Å². The number of aliphatic hydroxyl groups excluding tert-OH is 1. The fraction of sp³-hybridized carbons (Fsp3) is 0.381. The van der Waals surface area contributed by atoms with Gasteiger partial charge in [0.25, 0.3) is 5.91 Å². The second-order valence-corrected chi connectivity index (χ2v) is 7.78. The number of aliphatic hydroxyl groups is 1. The first-order valence-electron chi connectivity index (χ1n) is 8.84. The van der Waals surface area contributed by atoms with Gasteiger partial charge in [0.15, 0.2) is 0 Å². The van der Waals surface area contributed by atoms with E-state index < -0.39 is 0 Å². The number of carbonyl (C=O) groups is 1. The Hall–Kier alpha value is -2.53. The van der Waals surface area contributed by atoms with Gasteiger partial charge >= 0.3 is 0 Å². The number of benzene rings is 2. The maximum absolute atomic E-state index is 12.7. The highest BCUT2D eigenvalue weighted by Crippen LogP contribution is 2.32. The highest BCUT2D eigenvalue weighted by molar-refractivity contribution is 6.05. The molecule has 1 atom stereocenters. The summed E-state index contributed by atoms with van der Waals surface area (Å²) in [6.07, 6.45) is 0. The molecular formula is C21H26N2O3. The van der Waals surface area contributed by atoms with Gasteiger partial charge in [-0.3, -0.25) is 4.79 Å². The van der Waals surface area contributed by atoms with E-state index in [2.05, 4.69) is 37.5 Å². The topological polar surface area (TPSA) is 70.6 Å². The van der Waals surface area contributed by atoms with Crippen molar-refractivity contribution in [1.82, 2.24) is 0 Å². The summed E-state index contributed by atoms with van der Waals surface area (Å²) >= 11 is 0. The number of amides is 1. The zero-order valence-electron chi connectivity index (χ0n) is 15.7. The first kappa shape index (κ1) is 18.3. The molecule has 1 heterocycles. The van der Waals surface area contributed by atoms with Crippen LogP contribution in [0.25, 0.3) is 0 Å². The van der Waals surface area contributed by atoms with Crippen LogP contribution in [0.5, 0.6) is 5.75 Å². The summed E-state index contributed by atoms with van der Waals surface area (Å²) in [4.78, 5) is 12.7. The van der Waals surface area contributed by atoms with Crippen LogP contribution in [0.3, 0.4) is 0 Å². The quantitative estimate of drug-likeness (QED) is 0.786. The van der Waals surface area contributed by atoms with Gasteiger partial charge in [-0.15, -0.1) is 0 Å². The van der Waals surface area contributed by atoms with Crippen molar-refractivity contribution in [3.8, 4) is 5.75 Å². The predicted octanol–water partition coefficient (Wildman–Crippen LogP) is 3.71. The zero-order valence-corrected chi connectivity index (χ0v) is 15.7. The number of aryl methyl sites for hydroxylation is 1. The lowest BCUT2D eigenvalue weighted by Gasteiger charge is -2.26. The molecular weight excluding hydrogens is 328 g/mol. The van der Waals surface area contributed by atoms with Crippen molar-refractivity contribution < 1.29 is 14.6 Å². The Morgan fingerprint density at radius 3 is 2.69 bits per heavy atom. The maximum Gasteiger partial charge on any atom is 0.255 e. The van der Waals surface area contributed by atoms with Crippen LogP contribution < -0.4 is 15.4 Å². The van der Waals surface area contributed by atoms with Crippen molar-refractivity contribution in [2.24, 2.45) is 0 Å². The van der Waals surface area contributed by atoms with Crippen molar-refractivity contribution in [2.75, 3.05) is 23.8 Å². The van der Waals surface area contributed by atoms with Gasteiger partial charge in [0.05, 0.1) is 18.3 Å². The van der Waals surface area contributed by atoms with E-state index in [9.17, 15) is 9.90 Å². The molecule has 1 aliphatic rings. The van der Waals surface area contributed by atoms with E-state index in [4.69, 9.17) is 4.74 Å². The van der Waals surface area contributed by atoms with Crippen molar-refractivity contribution in [3.05, 3.63) is 53.1 Å². The third-order valence-corrected chi connectivity index (χ3v) is 4.60. The number of anilines is 2. The predicted molar refractivity (Wildman–Crippen MR) is 104 cm³/mol. The first-order valence-corrected chi connectivity index (χ1v) is 8.84. The van der Waals surface area contributed by atoms with Crippen LogP contribution in [0.1, 0.15) is 42.3 Å². The minimum atomic E-state index is -0.139. The van der Waals surface area contributed by atoms with Crippen molar-refractivity contribution in [2.45, 2.75) is 39.2 Å². The molecule has 0 saturated heterocycles. The summed E-state index contributed by atoms with van der Waals surface area (Å²) in [5.41, 5.74) is 4.37. The summed E-state index contributed by atoms with van der Waals surface area (Å²) < 4.78 is 5.66. The maximum atomic E-state index is 12.7. The Balaban J connectivity index is 1.77. The number of nitrogens with one attached hydrogen (secondary N) is 2. The molecule has 1 unspecified atom stereocenters. The molecule has 5 heteroatoms. The van der Waals surface area contributed by atoms with Crippen LogP contribution in [-0.2, 0) is 5.41 Å². The Kier molecular flexibility index (Phi) is 4.92. The molecule has 0 fully saturated rings. The number of hydrogen-bond donors (Lipinski definition) is 3. The van der Waals surface area contributed by atoms with Crippen LogP contribution in [0, 0.1) is 6.92 Å². The molecule has 0 aromatic heterocycles. The highest BCUT2D eigenvalue weighted by Gasteiger charge is 2.20. The van der Waals surface area contributed by atoms with Gasteiger partial charge in [0.1, 0.15) is 12.4 Å². The first-order chi connectivity index (χ1) is 12.3. The molecule has 0 aliphatic carbocycles. The van der Waals surface area contributed by atoms with Crippen molar-refractivity contribution in [1.29, 1.82) is 0 Å². The average Bonchev–Trinajstić information content (AvgIpc) is 2.60. The van der Waals surface area contributed by atoms with Crippen LogP contribution in [-0.4, -0.2) is 30.3 Å². The van der Waals surface area contributed by atoms with Crippen LogP contribution >= 0.6 is 0 Å². The molecule has 0 bridgehead atoms. The van der Waals surface area contributed by atoms with Gasteiger partial charge in [-0.2, -0.15) is 0 Å². The van der Waals surface area contributed by atoms with Gasteiger partial charge in [-0.25, -0.2) is 0 Å². The summed E-state index contributed by atoms with van der Waals surface area (Å²) in [7, 11) is 0. The van der Waals surface area contributed by atoms with E-state index >= 15 is 0 Å². The Bertz CT molecular complexity index is 824. The zero-order chi connectivity index (χ0) is 18.9. The second-order valence-electron chi connectivity index (χ2n) is 7.78. The van der Waals surface area contributed by atoms with E-state index in [-0.39, 0.29) is 24.0 Å². The molecule has 2 aromatic carbocycles. The Labute approximate surface area is 154 Å². The number of hydrogen-bond acceptors (Lipinski definition) is 4. The minimum absolute atomic E-state index is 0.0156. The van der Waals surface area contributed by atoms with Crippen molar-refractivity contribution in [3.63, 3.8) is 0 Å². The monoisotopic (exact) mass is 354 g/mol. The van der Waals surface area contributed by atoms with Gasteiger partial charge in [0.2, 0.25) is 0 Å². The molecule has 3 rings (SSSR count). The lowest BCUT2D eigenvalue weighted by Crippen LogP contribution is -2.34. The standard InChI is InChI=1S/C21H26N2O3/c1-13-9-14(21(2,3)4)5-7-17(13)20(25)23-15-6-8-18-19(10-15)26-12-16(11-24)22-18/h5-10,16,22,24H,11-12H2,1-4H3,(H,23,25). The fourth-order valence-corrected chi connectivity index (χ4v) is 2.97. The SMILES string of the molecule is Cc1cc(C(C)(C)C)ccc1C(=O)Nc1ccc2c(c1)OCC(CO)N2. The van der Waals surface area contributed by atoms with Crippen LogP contribution in [0.15, 0.2) is 36.4 Å².